The van der Waals surface area contributed by atoms with E-state index in [9.17, 15) is 0 Å². The lowest BCUT2D eigenvalue weighted by atomic mass is 9.99. The van der Waals surface area contributed by atoms with Crippen LogP contribution in [-0.2, 0) is 16.1 Å². The zero-order valence-electron chi connectivity index (χ0n) is 16.8. The van der Waals surface area contributed by atoms with Gasteiger partial charge in [0.05, 0.1) is 6.54 Å². The maximum atomic E-state index is 8.36. The summed E-state index contributed by atoms with van der Waals surface area (Å²) >= 11 is 0. The summed E-state index contributed by atoms with van der Waals surface area (Å²) in [5.41, 5.74) is 1.45. The van der Waals surface area contributed by atoms with E-state index >= 15 is 0 Å². The molecule has 10 heteroatoms. The zero-order valence-corrected chi connectivity index (χ0v) is 16.8. The number of anilines is 1. The van der Waals surface area contributed by atoms with E-state index in [2.05, 4.69) is 50.7 Å². The lowest BCUT2D eigenvalue weighted by Crippen LogP contribution is -2.26. The van der Waals surface area contributed by atoms with Gasteiger partial charge in [0, 0.05) is 19.6 Å². The van der Waals surface area contributed by atoms with Crippen LogP contribution in [0, 0.1) is 0 Å². The fraction of sp³-hybridized carbons (Fsp3) is 0.474. The molecule has 1 aliphatic heterocycles. The number of likely N-dealkylation sites (tertiary alicyclic amines) is 1. The molecule has 0 aliphatic carbocycles. The topological polar surface area (TPSA) is 132 Å². The van der Waals surface area contributed by atoms with Crippen LogP contribution in [0.25, 0.3) is 0 Å². The fourth-order valence-corrected chi connectivity index (χ4v) is 3.01. The van der Waals surface area contributed by atoms with Crippen molar-refractivity contribution in [2.45, 2.75) is 18.9 Å². The van der Waals surface area contributed by atoms with E-state index in [0.717, 1.165) is 26.2 Å². The number of nitrogens with one attached hydrogen (secondary N) is 1. The fourth-order valence-electron chi connectivity index (χ4n) is 3.01. The Balaban J connectivity index is 0.000000626. The Labute approximate surface area is 170 Å². The summed E-state index contributed by atoms with van der Waals surface area (Å²) in [6.45, 7) is 4.26. The first-order valence-corrected chi connectivity index (χ1v) is 9.18. The number of nitrogens with zero attached hydrogens (tertiary/aromatic N) is 4. The van der Waals surface area contributed by atoms with E-state index in [0.29, 0.717) is 24.4 Å². The molecule has 1 unspecified atom stereocenters. The van der Waals surface area contributed by atoms with Crippen LogP contribution in [0.5, 0.6) is 0 Å². The second kappa shape index (κ2) is 14.1. The van der Waals surface area contributed by atoms with Gasteiger partial charge in [0.15, 0.2) is 0 Å². The number of carbonyl (C=O) groups is 2. The van der Waals surface area contributed by atoms with Crippen LogP contribution in [0.1, 0.15) is 23.8 Å². The number of rotatable bonds is 7. The molecule has 10 nitrogen and oxygen atoms in total. The minimum Gasteiger partial charge on any atom is -0.483 e. The van der Waals surface area contributed by atoms with Crippen molar-refractivity contribution < 1.29 is 24.2 Å². The summed E-state index contributed by atoms with van der Waals surface area (Å²) in [7, 11) is 3.96. The molecule has 0 saturated carbocycles. The third-order valence-electron chi connectivity index (χ3n) is 4.17. The third-order valence-corrected chi connectivity index (χ3v) is 4.17. The van der Waals surface area contributed by atoms with Gasteiger partial charge in [0.1, 0.15) is 0 Å². The molecule has 1 aromatic heterocycles. The van der Waals surface area contributed by atoms with E-state index in [1.54, 1.807) is 0 Å². The van der Waals surface area contributed by atoms with Gasteiger partial charge in [0.25, 0.3) is 12.9 Å². The summed E-state index contributed by atoms with van der Waals surface area (Å²) in [4.78, 5) is 21.2. The van der Waals surface area contributed by atoms with Crippen LogP contribution >= 0.6 is 0 Å². The first-order chi connectivity index (χ1) is 14.0. The van der Waals surface area contributed by atoms with Crippen LogP contribution in [0.3, 0.4) is 0 Å². The Hall–Kier alpha value is -2.98. The largest absolute Gasteiger partial charge is 0.483 e. The number of benzene rings is 1. The predicted octanol–water partition coefficient (Wildman–Crippen LogP) is 1.43. The van der Waals surface area contributed by atoms with Crippen molar-refractivity contribution in [3.63, 3.8) is 0 Å². The maximum absolute atomic E-state index is 8.36. The molecular weight excluding hydrogens is 378 g/mol. The highest BCUT2D eigenvalue weighted by Crippen LogP contribution is 2.26. The molecular formula is C19H29N5O5. The molecule has 0 amide bonds. The van der Waals surface area contributed by atoms with Gasteiger partial charge in [-0.25, -0.2) is 0 Å². The van der Waals surface area contributed by atoms with Crippen molar-refractivity contribution in [3.05, 3.63) is 41.8 Å². The van der Waals surface area contributed by atoms with Crippen LogP contribution in [0.4, 0.5) is 6.01 Å². The highest BCUT2D eigenvalue weighted by atomic mass is 16.4. The van der Waals surface area contributed by atoms with Crippen molar-refractivity contribution in [1.29, 1.82) is 0 Å². The molecule has 0 spiro atoms. The molecule has 3 N–H and O–H groups in total. The SMILES string of the molecule is CN(C)Cc1nnc(NCCN2CCC(c3ccccc3)C2)o1.O=CO.O=CO. The lowest BCUT2D eigenvalue weighted by molar-refractivity contribution is -0.123. The molecule has 1 atom stereocenters. The molecule has 1 aliphatic rings. The molecule has 160 valence electrons. The Morgan fingerprint density at radius 3 is 2.48 bits per heavy atom. The molecule has 2 heterocycles. The molecule has 29 heavy (non-hydrogen) atoms. The van der Waals surface area contributed by atoms with Gasteiger partial charge in [-0.05, 0) is 38.5 Å². The second-order valence-corrected chi connectivity index (χ2v) is 6.57. The summed E-state index contributed by atoms with van der Waals surface area (Å²) in [5, 5.41) is 25.0. The molecule has 2 aromatic rings. The Bertz CT molecular complexity index is 689. The lowest BCUT2D eigenvalue weighted by Gasteiger charge is -2.16. The van der Waals surface area contributed by atoms with Gasteiger partial charge in [-0.2, -0.15) is 0 Å². The van der Waals surface area contributed by atoms with Crippen LogP contribution < -0.4 is 5.32 Å². The summed E-state index contributed by atoms with van der Waals surface area (Å²) in [6, 6.07) is 11.3. The number of hydrogen-bond acceptors (Lipinski definition) is 8. The van der Waals surface area contributed by atoms with Crippen molar-refractivity contribution in [1.82, 2.24) is 20.0 Å². The Morgan fingerprint density at radius 1 is 1.21 bits per heavy atom. The van der Waals surface area contributed by atoms with Crippen molar-refractivity contribution >= 4 is 19.0 Å². The minimum absolute atomic E-state index is 0.250. The maximum Gasteiger partial charge on any atom is 0.315 e. The van der Waals surface area contributed by atoms with Gasteiger partial charge in [0.2, 0.25) is 5.89 Å². The first-order valence-electron chi connectivity index (χ1n) is 9.18. The predicted molar refractivity (Wildman–Crippen MR) is 108 cm³/mol. The second-order valence-electron chi connectivity index (χ2n) is 6.57. The minimum atomic E-state index is -0.250. The molecule has 3 rings (SSSR count). The molecule has 0 radical (unpaired) electrons. The van der Waals surface area contributed by atoms with E-state index in [4.69, 9.17) is 24.2 Å². The van der Waals surface area contributed by atoms with Crippen LogP contribution in [0.2, 0.25) is 0 Å². The smallest absolute Gasteiger partial charge is 0.315 e. The molecule has 1 saturated heterocycles. The normalized spacial score (nSPS) is 15.6. The van der Waals surface area contributed by atoms with Gasteiger partial charge < -0.3 is 29.7 Å². The summed E-state index contributed by atoms with van der Waals surface area (Å²) < 4.78 is 5.56. The molecule has 0 bridgehead atoms. The summed E-state index contributed by atoms with van der Waals surface area (Å²) in [5.74, 6) is 1.30. The number of hydrogen-bond donors (Lipinski definition) is 3. The van der Waals surface area contributed by atoms with Crippen LogP contribution in [0.15, 0.2) is 34.7 Å². The zero-order chi connectivity index (χ0) is 21.5. The van der Waals surface area contributed by atoms with Gasteiger partial charge in [-0.3, -0.25) is 9.59 Å². The summed E-state index contributed by atoms with van der Waals surface area (Å²) in [6.07, 6.45) is 1.23. The highest BCUT2D eigenvalue weighted by Gasteiger charge is 2.23. The van der Waals surface area contributed by atoms with Crippen LogP contribution in [-0.4, -0.2) is 83.4 Å². The van der Waals surface area contributed by atoms with Gasteiger partial charge in [-0.1, -0.05) is 35.4 Å². The average molecular weight is 407 g/mol. The van der Waals surface area contributed by atoms with Crippen molar-refractivity contribution in [3.8, 4) is 0 Å². The Morgan fingerprint density at radius 2 is 1.86 bits per heavy atom. The van der Waals surface area contributed by atoms with Crippen molar-refractivity contribution in [2.75, 3.05) is 45.6 Å². The van der Waals surface area contributed by atoms with E-state index in [1.165, 1.54) is 12.0 Å². The van der Waals surface area contributed by atoms with E-state index in [-0.39, 0.29) is 12.9 Å². The van der Waals surface area contributed by atoms with Gasteiger partial charge in [-0.15, -0.1) is 5.10 Å². The van der Waals surface area contributed by atoms with E-state index < -0.39 is 0 Å². The average Bonchev–Trinajstić information content (AvgIpc) is 3.33. The number of aromatic nitrogens is 2. The van der Waals surface area contributed by atoms with Gasteiger partial charge >= 0.3 is 6.01 Å². The van der Waals surface area contributed by atoms with Crippen molar-refractivity contribution in [2.24, 2.45) is 0 Å². The Kier molecular flexibility index (Phi) is 11.7. The highest BCUT2D eigenvalue weighted by molar-refractivity contribution is 5.33. The third kappa shape index (κ3) is 9.67. The monoisotopic (exact) mass is 407 g/mol. The molecule has 1 aromatic carbocycles. The standard InChI is InChI=1S/C17H25N5O.2CH2O2/c1-21(2)13-16-19-20-17(23-16)18-9-11-22-10-8-15(12-22)14-6-4-3-5-7-14;2*2-1-3/h3-7,15H,8-13H2,1-2H3,(H,18,20);2*1H,(H,2,3). The molecule has 1 fully saturated rings. The number of carboxylic acid groups (broad SMARTS) is 2. The quantitative estimate of drug-likeness (QED) is 0.579. The van der Waals surface area contributed by atoms with E-state index in [1.807, 2.05) is 19.0 Å². The first kappa shape index (κ1) is 24.1.